The van der Waals surface area contributed by atoms with Crippen LogP contribution in [-0.2, 0) is 6.42 Å². The van der Waals surface area contributed by atoms with E-state index in [0.29, 0.717) is 12.2 Å². The maximum Gasteiger partial charge on any atom is 0.221 e. The molecule has 0 radical (unpaired) electrons. The van der Waals surface area contributed by atoms with Gasteiger partial charge in [0.25, 0.3) is 0 Å². The largest absolute Gasteiger partial charge is 0.496 e. The van der Waals surface area contributed by atoms with Crippen LogP contribution in [0.2, 0.25) is 0 Å². The van der Waals surface area contributed by atoms with Gasteiger partial charge in [-0.15, -0.1) is 11.8 Å². The zero-order chi connectivity index (χ0) is 13.8. The standard InChI is InChI=1S/C13H16N4OS/c1-18-10-6-8(3-4-11(10)19-2)5-9-7-16-13(15)17-12(9)14/h3-4,6-7H,5H2,1-2H3,(H4,14,15,16,17). The first-order chi connectivity index (χ1) is 9.13. The molecule has 0 atom stereocenters. The zero-order valence-corrected chi connectivity index (χ0v) is 11.7. The molecule has 4 N–H and O–H groups in total. The molecule has 0 aliphatic carbocycles. The van der Waals surface area contributed by atoms with Gasteiger partial charge in [0.2, 0.25) is 5.95 Å². The molecule has 0 amide bonds. The number of nitrogens with two attached hydrogens (primary N) is 2. The Bertz CT molecular complexity index is 589. The third-order valence-electron chi connectivity index (χ3n) is 2.76. The molecular weight excluding hydrogens is 260 g/mol. The fourth-order valence-corrected chi connectivity index (χ4v) is 2.33. The van der Waals surface area contributed by atoms with E-state index in [1.165, 1.54) is 0 Å². The smallest absolute Gasteiger partial charge is 0.221 e. The quantitative estimate of drug-likeness (QED) is 0.830. The minimum absolute atomic E-state index is 0.191. The number of nitrogen functional groups attached to an aromatic ring is 2. The third-order valence-corrected chi connectivity index (χ3v) is 3.54. The highest BCUT2D eigenvalue weighted by atomic mass is 32.2. The normalized spacial score (nSPS) is 10.4. The van der Waals surface area contributed by atoms with Crippen LogP contribution >= 0.6 is 11.8 Å². The lowest BCUT2D eigenvalue weighted by Gasteiger charge is -2.10. The van der Waals surface area contributed by atoms with Gasteiger partial charge in [-0.3, -0.25) is 0 Å². The number of rotatable bonds is 4. The Hall–Kier alpha value is -1.95. The summed E-state index contributed by atoms with van der Waals surface area (Å²) in [5.74, 6) is 1.47. The van der Waals surface area contributed by atoms with Crippen LogP contribution in [0.5, 0.6) is 5.75 Å². The molecule has 0 unspecified atom stereocenters. The first-order valence-electron chi connectivity index (χ1n) is 5.71. The number of benzene rings is 1. The molecule has 0 spiro atoms. The Morgan fingerprint density at radius 3 is 2.74 bits per heavy atom. The summed E-state index contributed by atoms with van der Waals surface area (Å²) in [5.41, 5.74) is 13.3. The van der Waals surface area contributed by atoms with Crippen molar-refractivity contribution < 1.29 is 4.74 Å². The van der Waals surface area contributed by atoms with E-state index in [4.69, 9.17) is 16.2 Å². The molecule has 0 aliphatic heterocycles. The summed E-state index contributed by atoms with van der Waals surface area (Å²) in [6.45, 7) is 0. The second-order valence-electron chi connectivity index (χ2n) is 4.00. The molecule has 1 heterocycles. The van der Waals surface area contributed by atoms with Crippen LogP contribution in [0, 0.1) is 0 Å². The van der Waals surface area contributed by atoms with Gasteiger partial charge in [-0.2, -0.15) is 4.98 Å². The minimum atomic E-state index is 0.191. The molecule has 1 aromatic carbocycles. The van der Waals surface area contributed by atoms with Gasteiger partial charge < -0.3 is 16.2 Å². The second kappa shape index (κ2) is 5.79. The molecule has 2 aromatic rings. The van der Waals surface area contributed by atoms with Gasteiger partial charge >= 0.3 is 0 Å². The van der Waals surface area contributed by atoms with Crippen molar-refractivity contribution >= 4 is 23.5 Å². The van der Waals surface area contributed by atoms with E-state index in [2.05, 4.69) is 9.97 Å². The Kier molecular flexibility index (Phi) is 4.11. The van der Waals surface area contributed by atoms with Gasteiger partial charge in [0.1, 0.15) is 11.6 Å². The number of ether oxygens (including phenoxy) is 1. The Balaban J connectivity index is 2.28. The minimum Gasteiger partial charge on any atom is -0.496 e. The highest BCUT2D eigenvalue weighted by Gasteiger charge is 2.07. The number of hydrogen-bond donors (Lipinski definition) is 2. The van der Waals surface area contributed by atoms with E-state index in [0.717, 1.165) is 21.8 Å². The molecular formula is C13H16N4OS. The number of aromatic nitrogens is 2. The van der Waals surface area contributed by atoms with Crippen LogP contribution in [0.25, 0.3) is 0 Å². The lowest BCUT2D eigenvalue weighted by Crippen LogP contribution is -2.04. The third kappa shape index (κ3) is 3.08. The van der Waals surface area contributed by atoms with Crippen LogP contribution in [0.1, 0.15) is 11.1 Å². The van der Waals surface area contributed by atoms with Crippen molar-refractivity contribution in [3.63, 3.8) is 0 Å². The van der Waals surface area contributed by atoms with Crippen LogP contribution in [-0.4, -0.2) is 23.3 Å². The van der Waals surface area contributed by atoms with Crippen LogP contribution in [0.3, 0.4) is 0 Å². The molecule has 19 heavy (non-hydrogen) atoms. The van der Waals surface area contributed by atoms with Gasteiger partial charge in [0.05, 0.1) is 7.11 Å². The molecule has 100 valence electrons. The van der Waals surface area contributed by atoms with Crippen molar-refractivity contribution in [3.05, 3.63) is 35.5 Å². The van der Waals surface area contributed by atoms with E-state index in [-0.39, 0.29) is 5.95 Å². The van der Waals surface area contributed by atoms with E-state index in [9.17, 15) is 0 Å². The van der Waals surface area contributed by atoms with E-state index in [1.807, 2.05) is 24.5 Å². The van der Waals surface area contributed by atoms with Gasteiger partial charge in [-0.05, 0) is 24.0 Å². The maximum absolute atomic E-state index is 5.83. The first-order valence-corrected chi connectivity index (χ1v) is 6.94. The molecule has 0 bridgehead atoms. The van der Waals surface area contributed by atoms with Crippen molar-refractivity contribution in [1.29, 1.82) is 0 Å². The predicted molar refractivity (Wildman–Crippen MR) is 78.4 cm³/mol. The highest BCUT2D eigenvalue weighted by molar-refractivity contribution is 7.98. The summed E-state index contributed by atoms with van der Waals surface area (Å²) >= 11 is 1.65. The Morgan fingerprint density at radius 2 is 2.11 bits per heavy atom. The first kappa shape index (κ1) is 13.5. The lowest BCUT2D eigenvalue weighted by atomic mass is 10.1. The molecule has 0 aliphatic rings. The number of nitrogens with zero attached hydrogens (tertiary/aromatic N) is 2. The highest BCUT2D eigenvalue weighted by Crippen LogP contribution is 2.29. The van der Waals surface area contributed by atoms with E-state index >= 15 is 0 Å². The Labute approximate surface area is 116 Å². The second-order valence-corrected chi connectivity index (χ2v) is 4.85. The van der Waals surface area contributed by atoms with Gasteiger partial charge in [0.15, 0.2) is 0 Å². The average Bonchev–Trinajstić information content (AvgIpc) is 2.41. The number of thioether (sulfide) groups is 1. The van der Waals surface area contributed by atoms with Crippen molar-refractivity contribution in [2.75, 3.05) is 24.8 Å². The number of anilines is 2. The molecule has 5 nitrogen and oxygen atoms in total. The monoisotopic (exact) mass is 276 g/mol. The summed E-state index contributed by atoms with van der Waals surface area (Å²) in [5, 5.41) is 0. The van der Waals surface area contributed by atoms with E-state index in [1.54, 1.807) is 25.1 Å². The molecule has 0 saturated carbocycles. The van der Waals surface area contributed by atoms with Gasteiger partial charge in [-0.1, -0.05) is 6.07 Å². The summed E-state index contributed by atoms with van der Waals surface area (Å²) in [6.07, 6.45) is 4.33. The maximum atomic E-state index is 5.83. The summed E-state index contributed by atoms with van der Waals surface area (Å²) in [7, 11) is 1.67. The molecule has 6 heteroatoms. The van der Waals surface area contributed by atoms with Crippen molar-refractivity contribution in [2.24, 2.45) is 0 Å². The number of hydrogen-bond acceptors (Lipinski definition) is 6. The van der Waals surface area contributed by atoms with Crippen LogP contribution in [0.4, 0.5) is 11.8 Å². The van der Waals surface area contributed by atoms with Gasteiger partial charge in [0, 0.05) is 23.1 Å². The van der Waals surface area contributed by atoms with Crippen LogP contribution in [0.15, 0.2) is 29.3 Å². The fourth-order valence-electron chi connectivity index (χ4n) is 1.78. The summed E-state index contributed by atoms with van der Waals surface area (Å²) in [4.78, 5) is 9.02. The fraction of sp³-hybridized carbons (Fsp3) is 0.231. The average molecular weight is 276 g/mol. The SMILES string of the molecule is COc1cc(Cc2cnc(N)nc2N)ccc1SC. The molecule has 2 rings (SSSR count). The van der Waals surface area contributed by atoms with Crippen molar-refractivity contribution in [2.45, 2.75) is 11.3 Å². The summed E-state index contributed by atoms with van der Waals surface area (Å²) < 4.78 is 5.36. The van der Waals surface area contributed by atoms with Crippen molar-refractivity contribution in [1.82, 2.24) is 9.97 Å². The van der Waals surface area contributed by atoms with Crippen molar-refractivity contribution in [3.8, 4) is 5.75 Å². The summed E-state index contributed by atoms with van der Waals surface area (Å²) in [6, 6.07) is 6.08. The number of methoxy groups -OCH3 is 1. The predicted octanol–water partition coefficient (Wildman–Crippen LogP) is 1.96. The molecule has 1 aromatic heterocycles. The topological polar surface area (TPSA) is 87.0 Å². The molecule has 0 saturated heterocycles. The Morgan fingerprint density at radius 1 is 1.32 bits per heavy atom. The van der Waals surface area contributed by atoms with Crippen LogP contribution < -0.4 is 16.2 Å². The molecule has 0 fully saturated rings. The zero-order valence-electron chi connectivity index (χ0n) is 10.9. The van der Waals surface area contributed by atoms with E-state index < -0.39 is 0 Å². The lowest BCUT2D eigenvalue weighted by molar-refractivity contribution is 0.404. The van der Waals surface area contributed by atoms with Gasteiger partial charge in [-0.25, -0.2) is 4.98 Å².